The number of aromatic nitrogens is 3. The van der Waals surface area contributed by atoms with Crippen LogP contribution >= 0.6 is 0 Å². The van der Waals surface area contributed by atoms with Gasteiger partial charge in [0.05, 0.1) is 26.4 Å². The van der Waals surface area contributed by atoms with Gasteiger partial charge in [-0.3, -0.25) is 0 Å². The van der Waals surface area contributed by atoms with Gasteiger partial charge in [0, 0.05) is 25.7 Å². The lowest BCUT2D eigenvalue weighted by atomic mass is 9.96. The van der Waals surface area contributed by atoms with Crippen molar-refractivity contribution in [2.45, 2.75) is 57.9 Å². The van der Waals surface area contributed by atoms with E-state index in [4.69, 9.17) is 15.2 Å². The maximum absolute atomic E-state index is 5.53. The zero-order chi connectivity index (χ0) is 19.9. The Balaban J connectivity index is 1.82. The summed E-state index contributed by atoms with van der Waals surface area (Å²) in [5.41, 5.74) is 5.37. The van der Waals surface area contributed by atoms with Crippen molar-refractivity contribution in [2.75, 3.05) is 62.0 Å². The van der Waals surface area contributed by atoms with E-state index < -0.39 is 0 Å². The van der Waals surface area contributed by atoms with Gasteiger partial charge in [0.25, 0.3) is 0 Å². The van der Waals surface area contributed by atoms with Crippen molar-refractivity contribution in [1.82, 2.24) is 15.0 Å². The first-order chi connectivity index (χ1) is 13.8. The van der Waals surface area contributed by atoms with Crippen LogP contribution in [-0.2, 0) is 9.47 Å². The Hall–Kier alpha value is -1.71. The second kappa shape index (κ2) is 14.3. The normalized spacial score (nSPS) is 14.8. The van der Waals surface area contributed by atoms with E-state index in [0.717, 1.165) is 19.4 Å². The largest absolute Gasteiger partial charge is 0.378 e. The Morgan fingerprint density at radius 1 is 0.857 bits per heavy atom. The summed E-state index contributed by atoms with van der Waals surface area (Å²) in [6.07, 6.45) is 8.41. The van der Waals surface area contributed by atoms with Gasteiger partial charge in [-0.1, -0.05) is 32.6 Å². The lowest BCUT2D eigenvalue weighted by molar-refractivity contribution is 0.0547. The van der Waals surface area contributed by atoms with E-state index in [1.807, 2.05) is 0 Å². The molecule has 0 amide bonds. The summed E-state index contributed by atoms with van der Waals surface area (Å²) < 4.78 is 10.8. The molecule has 0 atom stereocenters. The molecule has 2 rings (SSSR count). The van der Waals surface area contributed by atoms with Crippen molar-refractivity contribution in [2.24, 2.45) is 5.73 Å². The van der Waals surface area contributed by atoms with E-state index in [9.17, 15) is 0 Å². The summed E-state index contributed by atoms with van der Waals surface area (Å²) in [6.45, 7) is 6.42. The standard InChI is InChI=1S/C19H37N7O2/c1-2-3-10-21-17-24-18(22-11-13-28-15-14-27-12-9-20)26-19(25-17)23-16-7-5-4-6-8-16/h16H,2-15,20H2,1H3,(H3,21,22,23,24,25,26). The summed E-state index contributed by atoms with van der Waals surface area (Å²) in [5.74, 6) is 1.81. The van der Waals surface area contributed by atoms with Crippen molar-refractivity contribution < 1.29 is 9.47 Å². The Kier molecular flexibility index (Phi) is 11.5. The number of nitrogens with zero attached hydrogens (tertiary/aromatic N) is 3. The van der Waals surface area contributed by atoms with Crippen LogP contribution in [0.5, 0.6) is 0 Å². The highest BCUT2D eigenvalue weighted by atomic mass is 16.5. The number of ether oxygens (including phenoxy) is 2. The van der Waals surface area contributed by atoms with Crippen LogP contribution in [0.3, 0.4) is 0 Å². The fraction of sp³-hybridized carbons (Fsp3) is 0.842. The average molecular weight is 396 g/mol. The van der Waals surface area contributed by atoms with Crippen LogP contribution in [0, 0.1) is 0 Å². The highest BCUT2D eigenvalue weighted by Gasteiger charge is 2.15. The quantitative estimate of drug-likeness (QED) is 0.331. The predicted molar refractivity (Wildman–Crippen MR) is 113 cm³/mol. The molecule has 28 heavy (non-hydrogen) atoms. The van der Waals surface area contributed by atoms with Crippen LogP contribution in [-0.4, -0.2) is 67.1 Å². The van der Waals surface area contributed by atoms with Crippen LogP contribution in [0.4, 0.5) is 17.8 Å². The van der Waals surface area contributed by atoms with Gasteiger partial charge in [0.1, 0.15) is 0 Å². The van der Waals surface area contributed by atoms with Crippen molar-refractivity contribution in [1.29, 1.82) is 0 Å². The van der Waals surface area contributed by atoms with Gasteiger partial charge < -0.3 is 31.2 Å². The maximum atomic E-state index is 5.53. The number of hydrogen-bond donors (Lipinski definition) is 4. The predicted octanol–water partition coefficient (Wildman–Crippen LogP) is 2.23. The fourth-order valence-electron chi connectivity index (χ4n) is 3.05. The molecule has 0 radical (unpaired) electrons. The van der Waals surface area contributed by atoms with Crippen molar-refractivity contribution in [3.05, 3.63) is 0 Å². The molecule has 1 aromatic heterocycles. The first-order valence-electron chi connectivity index (χ1n) is 10.7. The maximum Gasteiger partial charge on any atom is 0.229 e. The molecule has 0 spiro atoms. The van der Waals surface area contributed by atoms with Crippen LogP contribution in [0.1, 0.15) is 51.9 Å². The lowest BCUT2D eigenvalue weighted by Crippen LogP contribution is -2.24. The summed E-state index contributed by atoms with van der Waals surface area (Å²) in [7, 11) is 0. The van der Waals surface area contributed by atoms with E-state index in [0.29, 0.717) is 63.4 Å². The summed E-state index contributed by atoms with van der Waals surface area (Å²) in [6, 6.07) is 0.448. The topological polar surface area (TPSA) is 119 Å². The Morgan fingerprint density at radius 3 is 2.18 bits per heavy atom. The number of unbranched alkanes of at least 4 members (excludes halogenated alkanes) is 1. The minimum Gasteiger partial charge on any atom is -0.378 e. The van der Waals surface area contributed by atoms with Gasteiger partial charge in [0.2, 0.25) is 17.8 Å². The van der Waals surface area contributed by atoms with Gasteiger partial charge in [-0.2, -0.15) is 15.0 Å². The number of rotatable bonds is 15. The van der Waals surface area contributed by atoms with Gasteiger partial charge in [-0.05, 0) is 19.3 Å². The van der Waals surface area contributed by atoms with E-state index in [2.05, 4.69) is 37.8 Å². The van der Waals surface area contributed by atoms with E-state index in [1.165, 1.54) is 32.1 Å². The molecule has 0 saturated heterocycles. The van der Waals surface area contributed by atoms with Gasteiger partial charge in [0.15, 0.2) is 0 Å². The molecule has 0 aromatic carbocycles. The molecular weight excluding hydrogens is 358 g/mol. The summed E-state index contributed by atoms with van der Waals surface area (Å²) in [4.78, 5) is 13.6. The summed E-state index contributed by atoms with van der Waals surface area (Å²) in [5, 5.41) is 10.0. The first-order valence-corrected chi connectivity index (χ1v) is 10.7. The minimum absolute atomic E-state index is 0.448. The van der Waals surface area contributed by atoms with E-state index in [1.54, 1.807) is 0 Å². The number of nitrogens with one attached hydrogen (secondary N) is 3. The van der Waals surface area contributed by atoms with Crippen LogP contribution in [0.2, 0.25) is 0 Å². The molecule has 1 aliphatic rings. The molecule has 5 N–H and O–H groups in total. The van der Waals surface area contributed by atoms with E-state index >= 15 is 0 Å². The molecule has 1 fully saturated rings. The Bertz CT molecular complexity index is 527. The number of nitrogens with two attached hydrogens (primary N) is 1. The average Bonchev–Trinajstić information content (AvgIpc) is 2.71. The smallest absolute Gasteiger partial charge is 0.229 e. The third kappa shape index (κ3) is 9.48. The van der Waals surface area contributed by atoms with Gasteiger partial charge in [-0.25, -0.2) is 0 Å². The Morgan fingerprint density at radius 2 is 1.50 bits per heavy atom. The summed E-state index contributed by atoms with van der Waals surface area (Å²) >= 11 is 0. The zero-order valence-corrected chi connectivity index (χ0v) is 17.2. The first kappa shape index (κ1) is 22.6. The molecule has 0 aliphatic heterocycles. The highest BCUT2D eigenvalue weighted by Crippen LogP contribution is 2.21. The van der Waals surface area contributed by atoms with Crippen molar-refractivity contribution in [3.63, 3.8) is 0 Å². The fourth-order valence-corrected chi connectivity index (χ4v) is 3.05. The number of hydrogen-bond acceptors (Lipinski definition) is 9. The molecule has 0 bridgehead atoms. The van der Waals surface area contributed by atoms with Crippen LogP contribution in [0.15, 0.2) is 0 Å². The van der Waals surface area contributed by atoms with Crippen molar-refractivity contribution >= 4 is 17.8 Å². The molecule has 1 aliphatic carbocycles. The molecule has 1 heterocycles. The lowest BCUT2D eigenvalue weighted by Gasteiger charge is -2.23. The minimum atomic E-state index is 0.448. The molecule has 1 saturated carbocycles. The number of anilines is 3. The third-order valence-electron chi connectivity index (χ3n) is 4.55. The van der Waals surface area contributed by atoms with Gasteiger partial charge in [-0.15, -0.1) is 0 Å². The highest BCUT2D eigenvalue weighted by molar-refractivity contribution is 5.42. The Labute approximate surface area is 168 Å². The molecule has 0 unspecified atom stereocenters. The monoisotopic (exact) mass is 395 g/mol. The van der Waals surface area contributed by atoms with Crippen LogP contribution in [0.25, 0.3) is 0 Å². The zero-order valence-electron chi connectivity index (χ0n) is 17.2. The van der Waals surface area contributed by atoms with Gasteiger partial charge >= 0.3 is 0 Å². The second-order valence-corrected chi connectivity index (χ2v) is 7.01. The van der Waals surface area contributed by atoms with Crippen molar-refractivity contribution in [3.8, 4) is 0 Å². The molecule has 9 nitrogen and oxygen atoms in total. The molecule has 160 valence electrons. The SMILES string of the molecule is CCCCNc1nc(NCCOCCOCCN)nc(NC2CCCCC2)n1. The second-order valence-electron chi connectivity index (χ2n) is 7.01. The molecular formula is C19H37N7O2. The third-order valence-corrected chi connectivity index (χ3v) is 4.55. The van der Waals surface area contributed by atoms with Crippen LogP contribution < -0.4 is 21.7 Å². The molecule has 9 heteroatoms. The molecule has 1 aromatic rings. The van der Waals surface area contributed by atoms with E-state index in [-0.39, 0.29) is 0 Å².